The van der Waals surface area contributed by atoms with Crippen LogP contribution in [0.1, 0.15) is 54.5 Å². The van der Waals surface area contributed by atoms with Crippen molar-refractivity contribution < 1.29 is 18.8 Å². The topological polar surface area (TPSA) is 70.6 Å². The van der Waals surface area contributed by atoms with E-state index in [1.165, 1.54) is 11.3 Å². The standard InChI is InChI=1S/C25H29NO4S2/c1-17(26-32(28)25(2,3)4)19-11-20(13-22(12-19)29-5)21-14-23(31-16-21)24(27)30-15-18-9-7-6-8-10-18/h6-14,16-17,26H,15H2,1-5H3/t17-,32?/m1/s1. The highest BCUT2D eigenvalue weighted by Crippen LogP contribution is 2.32. The van der Waals surface area contributed by atoms with E-state index >= 15 is 0 Å². The largest absolute Gasteiger partial charge is 0.598 e. The smallest absolute Gasteiger partial charge is 0.348 e. The second kappa shape index (κ2) is 10.5. The normalized spacial score (nSPS) is 13.4. The van der Waals surface area contributed by atoms with Crippen LogP contribution < -0.4 is 9.46 Å². The Morgan fingerprint density at radius 1 is 1.12 bits per heavy atom. The van der Waals surface area contributed by atoms with Gasteiger partial charge in [-0.2, -0.15) is 0 Å². The van der Waals surface area contributed by atoms with Crippen LogP contribution in [0.25, 0.3) is 11.1 Å². The quantitative estimate of drug-likeness (QED) is 0.327. The summed E-state index contributed by atoms with van der Waals surface area (Å²) in [6.07, 6.45) is 0. The number of ether oxygens (including phenoxy) is 2. The van der Waals surface area contributed by atoms with Crippen LogP contribution in [-0.2, 0) is 22.7 Å². The average Bonchev–Trinajstić information content (AvgIpc) is 3.27. The Labute approximate surface area is 197 Å². The Hall–Kier alpha value is -2.32. The molecule has 1 aromatic heterocycles. The number of methoxy groups -OCH3 is 1. The van der Waals surface area contributed by atoms with E-state index in [0.29, 0.717) is 10.6 Å². The Morgan fingerprint density at radius 3 is 2.50 bits per heavy atom. The van der Waals surface area contributed by atoms with E-state index in [9.17, 15) is 9.35 Å². The fourth-order valence-corrected chi connectivity index (χ4v) is 4.57. The van der Waals surface area contributed by atoms with Gasteiger partial charge in [0.25, 0.3) is 0 Å². The van der Waals surface area contributed by atoms with Crippen molar-refractivity contribution in [3.05, 3.63) is 76.0 Å². The third kappa shape index (κ3) is 6.36. The molecular formula is C25H29NO4S2. The van der Waals surface area contributed by atoms with Crippen molar-refractivity contribution in [1.82, 2.24) is 4.72 Å². The lowest BCUT2D eigenvalue weighted by molar-refractivity contribution is 0.0478. The average molecular weight is 472 g/mol. The molecule has 7 heteroatoms. The van der Waals surface area contributed by atoms with E-state index in [2.05, 4.69) is 4.72 Å². The third-order valence-corrected chi connectivity index (χ3v) is 7.44. The Morgan fingerprint density at radius 2 is 1.84 bits per heavy atom. The van der Waals surface area contributed by atoms with Crippen molar-refractivity contribution in [3.8, 4) is 16.9 Å². The van der Waals surface area contributed by atoms with Gasteiger partial charge in [0, 0.05) is 11.4 Å². The maximum atomic E-state index is 12.5. The van der Waals surface area contributed by atoms with Crippen LogP contribution in [0, 0.1) is 0 Å². The summed E-state index contributed by atoms with van der Waals surface area (Å²) in [6, 6.07) is 17.2. The lowest BCUT2D eigenvalue weighted by Gasteiger charge is -2.26. The molecule has 170 valence electrons. The summed E-state index contributed by atoms with van der Waals surface area (Å²) < 4.78 is 26.3. The van der Waals surface area contributed by atoms with Gasteiger partial charge in [-0.1, -0.05) is 30.3 Å². The molecule has 0 radical (unpaired) electrons. The SMILES string of the molecule is COc1cc(-c2csc(C(=O)OCc3ccccc3)c2)cc([C@@H](C)N[S+]([O-])C(C)(C)C)c1. The van der Waals surface area contributed by atoms with Gasteiger partial charge in [-0.3, -0.25) is 0 Å². The number of benzene rings is 2. The number of nitrogens with one attached hydrogen (secondary N) is 1. The van der Waals surface area contributed by atoms with Gasteiger partial charge in [-0.15, -0.1) is 16.1 Å². The van der Waals surface area contributed by atoms with E-state index in [0.717, 1.165) is 22.3 Å². The van der Waals surface area contributed by atoms with Gasteiger partial charge < -0.3 is 14.0 Å². The predicted octanol–water partition coefficient (Wildman–Crippen LogP) is 5.89. The number of esters is 1. The minimum Gasteiger partial charge on any atom is -0.598 e. The van der Waals surface area contributed by atoms with Gasteiger partial charge in [0.15, 0.2) is 0 Å². The molecule has 2 atom stereocenters. The zero-order valence-electron chi connectivity index (χ0n) is 19.0. The van der Waals surface area contributed by atoms with E-state index in [-0.39, 0.29) is 23.4 Å². The maximum Gasteiger partial charge on any atom is 0.348 e. The van der Waals surface area contributed by atoms with Crippen LogP contribution in [0.2, 0.25) is 0 Å². The molecule has 1 heterocycles. The van der Waals surface area contributed by atoms with Crippen molar-refractivity contribution in [2.24, 2.45) is 0 Å². The van der Waals surface area contributed by atoms with Crippen LogP contribution in [0.3, 0.4) is 0 Å². The lowest BCUT2D eigenvalue weighted by atomic mass is 10.0. The highest BCUT2D eigenvalue weighted by Gasteiger charge is 2.28. The number of thiophene rings is 1. The van der Waals surface area contributed by atoms with Gasteiger partial charge in [0.2, 0.25) is 0 Å². The fraction of sp³-hybridized carbons (Fsp3) is 0.320. The molecule has 0 aliphatic heterocycles. The first-order valence-electron chi connectivity index (χ1n) is 10.3. The first kappa shape index (κ1) is 24.3. The highest BCUT2D eigenvalue weighted by atomic mass is 32.2. The highest BCUT2D eigenvalue weighted by molar-refractivity contribution is 7.90. The molecule has 2 aromatic carbocycles. The molecule has 0 spiro atoms. The monoisotopic (exact) mass is 471 g/mol. The molecule has 3 aromatic rings. The molecular weight excluding hydrogens is 442 g/mol. The Balaban J connectivity index is 1.77. The van der Waals surface area contributed by atoms with Crippen LogP contribution in [0.5, 0.6) is 5.75 Å². The number of hydrogen-bond donors (Lipinski definition) is 1. The molecule has 3 rings (SSSR count). The van der Waals surface area contributed by atoms with Crippen molar-refractivity contribution >= 4 is 28.7 Å². The van der Waals surface area contributed by atoms with E-state index in [1.807, 2.05) is 87.7 Å². The van der Waals surface area contributed by atoms with E-state index < -0.39 is 11.4 Å². The summed E-state index contributed by atoms with van der Waals surface area (Å²) in [4.78, 5) is 13.0. The molecule has 5 nitrogen and oxygen atoms in total. The Kier molecular flexibility index (Phi) is 8.00. The molecule has 0 fully saturated rings. The van der Waals surface area contributed by atoms with E-state index in [4.69, 9.17) is 9.47 Å². The van der Waals surface area contributed by atoms with Crippen LogP contribution in [-0.4, -0.2) is 22.4 Å². The minimum atomic E-state index is -1.20. The van der Waals surface area contributed by atoms with E-state index in [1.54, 1.807) is 7.11 Å². The first-order chi connectivity index (χ1) is 15.2. The molecule has 32 heavy (non-hydrogen) atoms. The minimum absolute atomic E-state index is 0.141. The molecule has 1 unspecified atom stereocenters. The van der Waals surface area contributed by atoms with Gasteiger partial charge in [0.1, 0.15) is 22.0 Å². The summed E-state index contributed by atoms with van der Waals surface area (Å²) >= 11 is 0.152. The summed E-state index contributed by atoms with van der Waals surface area (Å²) in [6.45, 7) is 8.02. The van der Waals surface area contributed by atoms with Crippen LogP contribution >= 0.6 is 11.3 Å². The molecule has 0 aliphatic carbocycles. The summed E-state index contributed by atoms with van der Waals surface area (Å²) in [5.74, 6) is 0.357. The molecule has 0 amide bonds. The van der Waals surface area contributed by atoms with Gasteiger partial charge in [0.05, 0.1) is 13.2 Å². The molecule has 0 aliphatic rings. The maximum absolute atomic E-state index is 12.5. The number of hydrogen-bond acceptors (Lipinski definition) is 6. The fourth-order valence-electron chi connectivity index (χ4n) is 2.95. The van der Waals surface area contributed by atoms with Crippen LogP contribution in [0.4, 0.5) is 0 Å². The number of carbonyl (C=O) groups excluding carboxylic acids is 1. The molecule has 1 N–H and O–H groups in total. The summed E-state index contributed by atoms with van der Waals surface area (Å²) in [5, 5.41) is 1.93. The van der Waals surface area contributed by atoms with Gasteiger partial charge in [-0.05, 0) is 79.6 Å². The Bertz CT molecular complexity index is 1040. The van der Waals surface area contributed by atoms with Crippen LogP contribution in [0.15, 0.2) is 60.0 Å². The van der Waals surface area contributed by atoms with Crippen molar-refractivity contribution in [1.29, 1.82) is 0 Å². The van der Waals surface area contributed by atoms with Gasteiger partial charge >= 0.3 is 5.97 Å². The number of rotatable bonds is 8. The zero-order chi connectivity index (χ0) is 23.3. The second-order valence-corrected chi connectivity index (χ2v) is 11.4. The van der Waals surface area contributed by atoms with Gasteiger partial charge in [-0.25, -0.2) is 4.79 Å². The summed E-state index contributed by atoms with van der Waals surface area (Å²) in [7, 11) is 1.62. The molecule has 0 bridgehead atoms. The molecule has 0 saturated carbocycles. The zero-order valence-corrected chi connectivity index (χ0v) is 20.6. The second-order valence-electron chi connectivity index (χ2n) is 8.48. The van der Waals surface area contributed by atoms with Crippen molar-refractivity contribution in [3.63, 3.8) is 0 Å². The summed E-state index contributed by atoms with van der Waals surface area (Å²) in [5.41, 5.74) is 3.74. The predicted molar refractivity (Wildman–Crippen MR) is 131 cm³/mol. The molecule has 0 saturated heterocycles. The number of carbonyl (C=O) groups is 1. The van der Waals surface area contributed by atoms with Crippen molar-refractivity contribution in [2.45, 2.75) is 45.1 Å². The van der Waals surface area contributed by atoms with Crippen molar-refractivity contribution in [2.75, 3.05) is 7.11 Å². The first-order valence-corrected chi connectivity index (χ1v) is 12.4. The third-order valence-electron chi connectivity index (χ3n) is 4.85. The lowest BCUT2D eigenvalue weighted by Crippen LogP contribution is -2.40.